The van der Waals surface area contributed by atoms with Gasteiger partial charge in [-0.15, -0.1) is 11.3 Å². The van der Waals surface area contributed by atoms with Crippen molar-refractivity contribution in [2.45, 2.75) is 13.5 Å². The minimum absolute atomic E-state index is 0.0879. The van der Waals surface area contributed by atoms with Crippen LogP contribution in [0.5, 0.6) is 0 Å². The van der Waals surface area contributed by atoms with Crippen LogP contribution in [0.4, 0.5) is 0 Å². The molecule has 1 aromatic carbocycles. The van der Waals surface area contributed by atoms with Crippen molar-refractivity contribution < 1.29 is 4.79 Å². The zero-order valence-electron chi connectivity index (χ0n) is 11.3. The van der Waals surface area contributed by atoms with Crippen LogP contribution in [0.1, 0.15) is 26.6 Å². The number of aryl methyl sites for hydroxylation is 1. The van der Waals surface area contributed by atoms with Gasteiger partial charge in [-0.1, -0.05) is 30.4 Å². The van der Waals surface area contributed by atoms with Gasteiger partial charge in [-0.3, -0.25) is 4.79 Å². The topological polar surface area (TPSA) is 59.2 Å². The lowest BCUT2D eigenvalue weighted by Gasteiger charge is -2.16. The van der Waals surface area contributed by atoms with Crippen molar-refractivity contribution in [2.24, 2.45) is 5.73 Å². The van der Waals surface area contributed by atoms with Crippen molar-refractivity contribution >= 4 is 34.5 Å². The lowest BCUT2D eigenvalue weighted by atomic mass is 10.1. The van der Waals surface area contributed by atoms with Crippen LogP contribution < -0.4 is 5.73 Å². The number of carbonyl (C=O) groups is 1. The molecule has 2 aromatic rings. The molecular weight excluding hydrogens is 290 g/mol. The van der Waals surface area contributed by atoms with Crippen LogP contribution in [0.15, 0.2) is 29.6 Å². The Morgan fingerprint density at radius 1 is 1.50 bits per heavy atom. The van der Waals surface area contributed by atoms with Crippen LogP contribution in [0.25, 0.3) is 0 Å². The third-order valence-electron chi connectivity index (χ3n) is 2.82. The van der Waals surface area contributed by atoms with E-state index in [0.29, 0.717) is 17.2 Å². The first-order valence-electron chi connectivity index (χ1n) is 6.03. The van der Waals surface area contributed by atoms with Gasteiger partial charge in [0.1, 0.15) is 10.7 Å². The lowest BCUT2D eigenvalue weighted by molar-refractivity contribution is 0.0780. The fraction of sp³-hybridized carbons (Fsp3) is 0.214. The Kier molecular flexibility index (Phi) is 4.46. The van der Waals surface area contributed by atoms with Crippen LogP contribution in [0.3, 0.4) is 0 Å². The van der Waals surface area contributed by atoms with E-state index >= 15 is 0 Å². The van der Waals surface area contributed by atoms with Gasteiger partial charge in [0.15, 0.2) is 0 Å². The molecule has 1 heterocycles. The van der Waals surface area contributed by atoms with Crippen molar-refractivity contribution in [1.29, 1.82) is 0 Å². The lowest BCUT2D eigenvalue weighted by Crippen LogP contribution is -2.26. The number of aromatic nitrogens is 1. The van der Waals surface area contributed by atoms with Gasteiger partial charge < -0.3 is 10.6 Å². The molecule has 0 unspecified atom stereocenters. The molecule has 6 heteroatoms. The van der Waals surface area contributed by atoms with Crippen molar-refractivity contribution in [2.75, 3.05) is 7.05 Å². The SMILES string of the molecule is Cc1nc(C(=O)N(C)Cc2cccc(C(N)=S)c2)cs1. The van der Waals surface area contributed by atoms with Crippen molar-refractivity contribution in [1.82, 2.24) is 9.88 Å². The summed E-state index contributed by atoms with van der Waals surface area (Å²) in [5.74, 6) is -0.0879. The summed E-state index contributed by atoms with van der Waals surface area (Å²) in [6.07, 6.45) is 0. The normalized spacial score (nSPS) is 10.3. The quantitative estimate of drug-likeness (QED) is 0.881. The minimum atomic E-state index is -0.0879. The van der Waals surface area contributed by atoms with E-state index in [2.05, 4.69) is 4.98 Å². The maximum absolute atomic E-state index is 12.2. The smallest absolute Gasteiger partial charge is 0.273 e. The number of carbonyl (C=O) groups excluding carboxylic acids is 1. The van der Waals surface area contributed by atoms with Crippen molar-refractivity contribution in [3.63, 3.8) is 0 Å². The number of amides is 1. The molecule has 0 aliphatic heterocycles. The fourth-order valence-corrected chi connectivity index (χ4v) is 2.54. The molecule has 0 atom stereocenters. The average Bonchev–Trinajstić information content (AvgIpc) is 2.84. The third kappa shape index (κ3) is 3.40. The average molecular weight is 305 g/mol. The number of benzene rings is 1. The molecule has 20 heavy (non-hydrogen) atoms. The monoisotopic (exact) mass is 305 g/mol. The number of hydrogen-bond donors (Lipinski definition) is 1. The molecule has 0 saturated heterocycles. The highest BCUT2D eigenvalue weighted by Crippen LogP contribution is 2.13. The first kappa shape index (κ1) is 14.6. The van der Waals surface area contributed by atoms with Gasteiger partial charge in [0.2, 0.25) is 0 Å². The summed E-state index contributed by atoms with van der Waals surface area (Å²) in [5.41, 5.74) is 7.89. The Balaban J connectivity index is 2.11. The van der Waals surface area contributed by atoms with E-state index in [1.54, 1.807) is 17.3 Å². The number of hydrogen-bond acceptors (Lipinski definition) is 4. The summed E-state index contributed by atoms with van der Waals surface area (Å²) in [6, 6.07) is 7.59. The summed E-state index contributed by atoms with van der Waals surface area (Å²) in [7, 11) is 1.75. The molecule has 0 radical (unpaired) electrons. The maximum atomic E-state index is 12.2. The molecule has 0 fully saturated rings. The molecular formula is C14H15N3OS2. The van der Waals surface area contributed by atoms with Gasteiger partial charge in [-0.25, -0.2) is 4.98 Å². The molecule has 0 aliphatic carbocycles. The summed E-state index contributed by atoms with van der Waals surface area (Å²) in [5, 5.41) is 2.66. The number of thiazole rings is 1. The molecule has 0 bridgehead atoms. The summed E-state index contributed by atoms with van der Waals surface area (Å²) < 4.78 is 0. The van der Waals surface area contributed by atoms with Crippen molar-refractivity contribution in [3.05, 3.63) is 51.5 Å². The summed E-state index contributed by atoms with van der Waals surface area (Å²) >= 11 is 6.43. The summed E-state index contributed by atoms with van der Waals surface area (Å²) in [6.45, 7) is 2.37. The highest BCUT2D eigenvalue weighted by molar-refractivity contribution is 7.80. The highest BCUT2D eigenvalue weighted by atomic mass is 32.1. The standard InChI is InChI=1S/C14H15N3OS2/c1-9-16-12(8-20-9)14(18)17(2)7-10-4-3-5-11(6-10)13(15)19/h3-6,8H,7H2,1-2H3,(H2,15,19). The third-order valence-corrected chi connectivity index (χ3v) is 3.83. The Labute approximate surface area is 127 Å². The first-order valence-corrected chi connectivity index (χ1v) is 7.32. The van der Waals surface area contributed by atoms with E-state index in [0.717, 1.165) is 16.1 Å². The molecule has 0 spiro atoms. The largest absolute Gasteiger partial charge is 0.389 e. The van der Waals surface area contributed by atoms with E-state index in [1.807, 2.05) is 31.2 Å². The van der Waals surface area contributed by atoms with Crippen LogP contribution in [-0.2, 0) is 6.54 Å². The number of nitrogens with two attached hydrogens (primary N) is 1. The molecule has 2 N–H and O–H groups in total. The predicted octanol–water partition coefficient (Wildman–Crippen LogP) is 2.36. The molecule has 2 rings (SSSR count). The van der Waals surface area contributed by atoms with E-state index in [-0.39, 0.29) is 5.91 Å². The summed E-state index contributed by atoms with van der Waals surface area (Å²) in [4.78, 5) is 18.4. The van der Waals surface area contributed by atoms with E-state index in [9.17, 15) is 4.79 Å². The molecule has 0 aliphatic rings. The molecule has 4 nitrogen and oxygen atoms in total. The molecule has 1 aromatic heterocycles. The molecule has 0 saturated carbocycles. The second kappa shape index (κ2) is 6.11. The van der Waals surface area contributed by atoms with Gasteiger partial charge in [-0.2, -0.15) is 0 Å². The Morgan fingerprint density at radius 2 is 2.25 bits per heavy atom. The molecule has 1 amide bonds. The zero-order chi connectivity index (χ0) is 14.7. The number of thiocarbonyl (C=S) groups is 1. The maximum Gasteiger partial charge on any atom is 0.273 e. The minimum Gasteiger partial charge on any atom is -0.389 e. The second-order valence-electron chi connectivity index (χ2n) is 4.48. The van der Waals surface area contributed by atoms with Crippen LogP contribution in [0, 0.1) is 6.92 Å². The van der Waals surface area contributed by atoms with Gasteiger partial charge in [0.05, 0.1) is 5.01 Å². The number of rotatable bonds is 4. The zero-order valence-corrected chi connectivity index (χ0v) is 12.9. The van der Waals surface area contributed by atoms with Crippen LogP contribution in [0.2, 0.25) is 0 Å². The van der Waals surface area contributed by atoms with Crippen LogP contribution in [-0.4, -0.2) is 27.8 Å². The first-order chi connectivity index (χ1) is 9.47. The van der Waals surface area contributed by atoms with E-state index < -0.39 is 0 Å². The molecule has 104 valence electrons. The van der Waals surface area contributed by atoms with Gasteiger partial charge in [0.25, 0.3) is 5.91 Å². The van der Waals surface area contributed by atoms with Gasteiger partial charge >= 0.3 is 0 Å². The van der Waals surface area contributed by atoms with Gasteiger partial charge in [0, 0.05) is 24.5 Å². The highest BCUT2D eigenvalue weighted by Gasteiger charge is 2.15. The second-order valence-corrected chi connectivity index (χ2v) is 5.98. The van der Waals surface area contributed by atoms with Crippen LogP contribution >= 0.6 is 23.6 Å². The van der Waals surface area contributed by atoms with E-state index in [1.165, 1.54) is 11.3 Å². The van der Waals surface area contributed by atoms with Gasteiger partial charge in [-0.05, 0) is 18.6 Å². The predicted molar refractivity (Wildman–Crippen MR) is 85.0 cm³/mol. The number of nitrogens with zero attached hydrogens (tertiary/aromatic N) is 2. The van der Waals surface area contributed by atoms with Crippen molar-refractivity contribution in [3.8, 4) is 0 Å². The Hall–Kier alpha value is -1.79. The van der Waals surface area contributed by atoms with E-state index in [4.69, 9.17) is 18.0 Å². The fourth-order valence-electron chi connectivity index (χ4n) is 1.83. The Morgan fingerprint density at radius 3 is 2.85 bits per heavy atom. The Bertz CT molecular complexity index is 651.